The number of benzene rings is 1. The van der Waals surface area contributed by atoms with Gasteiger partial charge in [-0.25, -0.2) is 14.6 Å². The lowest BCUT2D eigenvalue weighted by Gasteiger charge is -2.12. The predicted octanol–water partition coefficient (Wildman–Crippen LogP) is 4.23. The van der Waals surface area contributed by atoms with Gasteiger partial charge in [0.05, 0.1) is 18.1 Å². The fraction of sp³-hybridized carbons (Fsp3) is 0.400. The highest BCUT2D eigenvalue weighted by Crippen LogP contribution is 2.26. The van der Waals surface area contributed by atoms with Crippen molar-refractivity contribution in [3.8, 4) is 0 Å². The van der Waals surface area contributed by atoms with E-state index in [0.29, 0.717) is 34.1 Å². The molecule has 0 spiro atoms. The summed E-state index contributed by atoms with van der Waals surface area (Å²) < 4.78 is 1.80. The minimum absolute atomic E-state index is 0.147. The molecule has 0 saturated carbocycles. The zero-order valence-corrected chi connectivity index (χ0v) is 18.5. The number of nitrogens with one attached hydrogen (secondary N) is 2. The van der Waals surface area contributed by atoms with Gasteiger partial charge in [0.2, 0.25) is 0 Å². The van der Waals surface area contributed by atoms with Crippen molar-refractivity contribution in [2.45, 2.75) is 50.7 Å². The molecular weight excluding hydrogens is 408 g/mol. The first kappa shape index (κ1) is 21.4. The molecule has 0 aliphatic heterocycles. The summed E-state index contributed by atoms with van der Waals surface area (Å²) in [6, 6.07) is 7.05. The van der Waals surface area contributed by atoms with Crippen molar-refractivity contribution in [2.24, 2.45) is 0 Å². The van der Waals surface area contributed by atoms with Crippen LogP contribution in [0.5, 0.6) is 0 Å². The van der Waals surface area contributed by atoms with Gasteiger partial charge in [0, 0.05) is 28.4 Å². The lowest BCUT2D eigenvalue weighted by atomic mass is 10.2. The highest BCUT2D eigenvalue weighted by molar-refractivity contribution is 7.99. The smallest absolute Gasteiger partial charge is 0.251 e. The van der Waals surface area contributed by atoms with Crippen LogP contribution in [0.3, 0.4) is 0 Å². The maximum atomic E-state index is 12.3. The fourth-order valence-electron chi connectivity index (χ4n) is 2.72. The van der Waals surface area contributed by atoms with Gasteiger partial charge in [0.15, 0.2) is 10.8 Å². The molecule has 3 rings (SSSR count). The highest BCUT2D eigenvalue weighted by atomic mass is 35.5. The highest BCUT2D eigenvalue weighted by Gasteiger charge is 2.15. The van der Waals surface area contributed by atoms with Crippen molar-refractivity contribution in [3.05, 3.63) is 41.0 Å². The quantitative estimate of drug-likeness (QED) is 0.409. The van der Waals surface area contributed by atoms with Crippen LogP contribution >= 0.6 is 23.4 Å². The molecule has 0 bridgehead atoms. The van der Waals surface area contributed by atoms with Crippen LogP contribution in [-0.2, 0) is 6.54 Å². The van der Waals surface area contributed by atoms with E-state index in [1.807, 2.05) is 0 Å². The summed E-state index contributed by atoms with van der Waals surface area (Å²) in [6.45, 7) is 9.29. The third kappa shape index (κ3) is 5.61. The third-order valence-corrected chi connectivity index (χ3v) is 5.07. The number of thioether (sulfide) groups is 1. The summed E-state index contributed by atoms with van der Waals surface area (Å²) >= 11 is 7.48. The van der Waals surface area contributed by atoms with Gasteiger partial charge >= 0.3 is 0 Å². The average Bonchev–Trinajstić information content (AvgIpc) is 3.04. The summed E-state index contributed by atoms with van der Waals surface area (Å²) in [7, 11) is 0. The molecule has 0 aliphatic carbocycles. The van der Waals surface area contributed by atoms with Crippen LogP contribution in [0.25, 0.3) is 11.0 Å². The molecule has 29 heavy (non-hydrogen) atoms. The Hall–Kier alpha value is -2.32. The van der Waals surface area contributed by atoms with Crippen LogP contribution in [0.15, 0.2) is 35.6 Å². The van der Waals surface area contributed by atoms with Crippen molar-refractivity contribution >= 4 is 46.1 Å². The Bertz CT molecular complexity index is 987. The van der Waals surface area contributed by atoms with Crippen LogP contribution in [0, 0.1) is 0 Å². The number of amides is 1. The van der Waals surface area contributed by atoms with Crippen molar-refractivity contribution in [1.29, 1.82) is 0 Å². The number of aromatic nitrogens is 4. The first-order chi connectivity index (χ1) is 13.8. The van der Waals surface area contributed by atoms with Gasteiger partial charge in [-0.2, -0.15) is 5.10 Å². The summed E-state index contributed by atoms with van der Waals surface area (Å²) in [5.74, 6) is 0.635. The van der Waals surface area contributed by atoms with Crippen LogP contribution in [-0.4, -0.2) is 43.5 Å². The maximum Gasteiger partial charge on any atom is 0.251 e. The van der Waals surface area contributed by atoms with Gasteiger partial charge in [0.25, 0.3) is 5.91 Å². The molecule has 0 radical (unpaired) electrons. The van der Waals surface area contributed by atoms with Crippen molar-refractivity contribution in [1.82, 2.24) is 25.1 Å². The van der Waals surface area contributed by atoms with E-state index >= 15 is 0 Å². The summed E-state index contributed by atoms with van der Waals surface area (Å²) in [6.07, 6.45) is 1.77. The van der Waals surface area contributed by atoms with Crippen LogP contribution in [0.4, 0.5) is 5.82 Å². The molecule has 0 atom stereocenters. The second kappa shape index (κ2) is 9.45. The minimum atomic E-state index is -0.147. The number of fused-ring (bicyclic) bond motifs is 1. The minimum Gasteiger partial charge on any atom is -0.367 e. The SMILES string of the molecule is CC(C)Nc1nc(SC(C)C)nc2c1cnn2CCNC(=O)c1ccc(Cl)cc1. The van der Waals surface area contributed by atoms with E-state index in [1.165, 1.54) is 0 Å². The number of carbonyl (C=O) groups excluding carboxylic acids is 1. The number of halogens is 1. The Morgan fingerprint density at radius 2 is 1.90 bits per heavy atom. The largest absolute Gasteiger partial charge is 0.367 e. The Morgan fingerprint density at radius 3 is 2.55 bits per heavy atom. The monoisotopic (exact) mass is 432 g/mol. The molecule has 9 heteroatoms. The molecule has 0 fully saturated rings. The first-order valence-electron chi connectivity index (χ1n) is 9.54. The lowest BCUT2D eigenvalue weighted by molar-refractivity contribution is 0.0952. The Labute approximate surface area is 179 Å². The van der Waals surface area contributed by atoms with Crippen LogP contribution in [0.2, 0.25) is 5.02 Å². The number of hydrogen-bond acceptors (Lipinski definition) is 6. The molecule has 2 N–H and O–H groups in total. The average molecular weight is 433 g/mol. The number of anilines is 1. The Kier molecular flexibility index (Phi) is 6.97. The molecule has 154 valence electrons. The van der Waals surface area contributed by atoms with E-state index in [0.717, 1.165) is 16.9 Å². The van der Waals surface area contributed by atoms with E-state index in [1.54, 1.807) is 46.9 Å². The van der Waals surface area contributed by atoms with Gasteiger partial charge in [-0.05, 0) is 38.1 Å². The van der Waals surface area contributed by atoms with Gasteiger partial charge in [-0.15, -0.1) is 0 Å². The second-order valence-electron chi connectivity index (χ2n) is 7.19. The van der Waals surface area contributed by atoms with Crippen LogP contribution < -0.4 is 10.6 Å². The van der Waals surface area contributed by atoms with Gasteiger partial charge in [0.1, 0.15) is 5.82 Å². The molecule has 3 aromatic rings. The van der Waals surface area contributed by atoms with E-state index in [9.17, 15) is 4.79 Å². The Morgan fingerprint density at radius 1 is 1.17 bits per heavy atom. The van der Waals surface area contributed by atoms with E-state index in [-0.39, 0.29) is 11.9 Å². The molecule has 0 saturated heterocycles. The van der Waals surface area contributed by atoms with Gasteiger partial charge < -0.3 is 10.6 Å². The van der Waals surface area contributed by atoms with Gasteiger partial charge in [-0.1, -0.05) is 37.2 Å². The Balaban J connectivity index is 1.76. The summed E-state index contributed by atoms with van der Waals surface area (Å²) in [5, 5.41) is 13.3. The standard InChI is InChI=1S/C20H25ClN6OS/c1-12(2)24-17-16-11-23-27(18(16)26-20(25-17)29-13(3)4)10-9-22-19(28)14-5-7-15(21)8-6-14/h5-8,11-13H,9-10H2,1-4H3,(H,22,28)(H,24,25,26). The molecule has 7 nitrogen and oxygen atoms in total. The lowest BCUT2D eigenvalue weighted by Crippen LogP contribution is -2.27. The molecule has 1 aromatic carbocycles. The number of carbonyl (C=O) groups is 1. The molecular formula is C20H25ClN6OS. The number of nitrogens with zero attached hydrogens (tertiary/aromatic N) is 4. The summed E-state index contributed by atoms with van der Waals surface area (Å²) in [5.41, 5.74) is 1.33. The zero-order chi connectivity index (χ0) is 21.0. The molecule has 0 aliphatic rings. The second-order valence-corrected chi connectivity index (χ2v) is 9.17. The predicted molar refractivity (Wildman–Crippen MR) is 119 cm³/mol. The number of hydrogen-bond donors (Lipinski definition) is 2. The van der Waals surface area contributed by atoms with E-state index in [2.05, 4.69) is 48.4 Å². The van der Waals surface area contributed by atoms with E-state index < -0.39 is 0 Å². The molecule has 2 aromatic heterocycles. The van der Waals surface area contributed by atoms with Crippen molar-refractivity contribution in [2.75, 3.05) is 11.9 Å². The van der Waals surface area contributed by atoms with Crippen LogP contribution in [0.1, 0.15) is 38.1 Å². The molecule has 2 heterocycles. The van der Waals surface area contributed by atoms with Crippen molar-refractivity contribution in [3.63, 3.8) is 0 Å². The number of rotatable bonds is 8. The first-order valence-corrected chi connectivity index (χ1v) is 10.8. The normalized spacial score (nSPS) is 11.4. The van der Waals surface area contributed by atoms with Crippen molar-refractivity contribution < 1.29 is 4.79 Å². The van der Waals surface area contributed by atoms with Gasteiger partial charge in [-0.3, -0.25) is 4.79 Å². The zero-order valence-electron chi connectivity index (χ0n) is 16.9. The molecule has 1 amide bonds. The topological polar surface area (TPSA) is 84.7 Å². The molecule has 0 unspecified atom stereocenters. The van der Waals surface area contributed by atoms with E-state index in [4.69, 9.17) is 16.6 Å². The maximum absolute atomic E-state index is 12.3. The third-order valence-electron chi connectivity index (χ3n) is 3.96. The summed E-state index contributed by atoms with van der Waals surface area (Å²) in [4.78, 5) is 21.6. The fourth-order valence-corrected chi connectivity index (χ4v) is 3.56.